The maximum Gasteiger partial charge on any atom is 0.426 e. The Kier molecular flexibility index (Phi) is 4.32. The number of carboxylic acids is 1. The zero-order valence-electron chi connectivity index (χ0n) is 7.80. The van der Waals surface area contributed by atoms with Crippen molar-refractivity contribution in [3.63, 3.8) is 0 Å². The normalized spacial score (nSPS) is 13.1. The number of esters is 1. The quantitative estimate of drug-likeness (QED) is 0.583. The summed E-state index contributed by atoms with van der Waals surface area (Å²) < 4.78 is 40.3. The summed E-state index contributed by atoms with van der Waals surface area (Å²) in [5.74, 6) is -2.97. The number of ether oxygens (including phenoxy) is 1. The van der Waals surface area contributed by atoms with Gasteiger partial charge in [0, 0.05) is 5.57 Å². The van der Waals surface area contributed by atoms with Gasteiger partial charge >= 0.3 is 18.1 Å². The van der Waals surface area contributed by atoms with E-state index in [9.17, 15) is 22.8 Å². The SMILES string of the molecule is C=C(C)C(=O)OC(CC(=O)O)C(F)(F)F. The maximum absolute atomic E-state index is 12.1. The lowest BCUT2D eigenvalue weighted by atomic mass is 10.2. The van der Waals surface area contributed by atoms with Crippen molar-refractivity contribution < 1.29 is 32.6 Å². The summed E-state index contributed by atoms with van der Waals surface area (Å²) in [5.41, 5.74) is -0.227. The fraction of sp³-hybridized carbons (Fsp3) is 0.500. The second kappa shape index (κ2) is 4.81. The maximum atomic E-state index is 12.1. The molecule has 0 amide bonds. The summed E-state index contributed by atoms with van der Waals surface area (Å²) in [4.78, 5) is 20.9. The second-order valence-corrected chi connectivity index (χ2v) is 2.81. The molecule has 0 aliphatic heterocycles. The van der Waals surface area contributed by atoms with E-state index in [0.29, 0.717) is 0 Å². The van der Waals surface area contributed by atoms with Gasteiger partial charge in [-0.15, -0.1) is 0 Å². The van der Waals surface area contributed by atoms with Crippen LogP contribution in [0.3, 0.4) is 0 Å². The predicted octanol–water partition coefficient (Wildman–Crippen LogP) is 1.51. The van der Waals surface area contributed by atoms with Crippen LogP contribution in [0.15, 0.2) is 12.2 Å². The molecule has 15 heavy (non-hydrogen) atoms. The largest absolute Gasteiger partial charge is 0.481 e. The lowest BCUT2D eigenvalue weighted by Gasteiger charge is -2.18. The van der Waals surface area contributed by atoms with E-state index >= 15 is 0 Å². The highest BCUT2D eigenvalue weighted by Crippen LogP contribution is 2.26. The number of alkyl halides is 3. The number of carboxylic acid groups (broad SMARTS) is 1. The zero-order valence-corrected chi connectivity index (χ0v) is 7.80. The van der Waals surface area contributed by atoms with Crippen molar-refractivity contribution in [2.45, 2.75) is 25.6 Å². The van der Waals surface area contributed by atoms with Gasteiger partial charge in [0.2, 0.25) is 6.10 Å². The van der Waals surface area contributed by atoms with Crippen molar-refractivity contribution in [2.75, 3.05) is 0 Å². The van der Waals surface area contributed by atoms with Gasteiger partial charge in [-0.05, 0) is 6.92 Å². The smallest absolute Gasteiger partial charge is 0.426 e. The van der Waals surface area contributed by atoms with Crippen LogP contribution < -0.4 is 0 Å². The average Bonchev–Trinajstić information content (AvgIpc) is 2.00. The second-order valence-electron chi connectivity index (χ2n) is 2.81. The predicted molar refractivity (Wildman–Crippen MR) is 43.0 cm³/mol. The molecule has 1 unspecified atom stereocenters. The van der Waals surface area contributed by atoms with Crippen LogP contribution in [0.5, 0.6) is 0 Å². The third kappa shape index (κ3) is 5.04. The van der Waals surface area contributed by atoms with Crippen molar-refractivity contribution >= 4 is 11.9 Å². The summed E-state index contributed by atoms with van der Waals surface area (Å²) in [6.45, 7) is 4.24. The minimum atomic E-state index is -4.90. The Morgan fingerprint density at radius 1 is 1.47 bits per heavy atom. The summed E-state index contributed by atoms with van der Waals surface area (Å²) in [6.07, 6.45) is -8.86. The zero-order chi connectivity index (χ0) is 12.2. The minimum absolute atomic E-state index is 0.227. The number of carbonyl (C=O) groups excluding carboxylic acids is 1. The molecule has 0 heterocycles. The van der Waals surface area contributed by atoms with Crippen LogP contribution >= 0.6 is 0 Å². The van der Waals surface area contributed by atoms with Gasteiger partial charge in [0.05, 0.1) is 6.42 Å². The fourth-order valence-corrected chi connectivity index (χ4v) is 0.613. The number of carbonyl (C=O) groups is 2. The number of hydrogen-bond acceptors (Lipinski definition) is 3. The highest BCUT2D eigenvalue weighted by molar-refractivity contribution is 5.87. The van der Waals surface area contributed by atoms with Crippen LogP contribution in [0.1, 0.15) is 13.3 Å². The van der Waals surface area contributed by atoms with E-state index in [4.69, 9.17) is 5.11 Å². The molecule has 0 aromatic heterocycles. The molecule has 0 aliphatic carbocycles. The lowest BCUT2D eigenvalue weighted by Crippen LogP contribution is -2.35. The van der Waals surface area contributed by atoms with Crippen molar-refractivity contribution in [3.8, 4) is 0 Å². The van der Waals surface area contributed by atoms with Gasteiger partial charge in [-0.1, -0.05) is 6.58 Å². The van der Waals surface area contributed by atoms with E-state index in [-0.39, 0.29) is 5.57 Å². The number of hydrogen-bond donors (Lipinski definition) is 1. The summed E-state index contributed by atoms with van der Waals surface area (Å²) in [5, 5.41) is 8.18. The van der Waals surface area contributed by atoms with Crippen LogP contribution in [0.25, 0.3) is 0 Å². The van der Waals surface area contributed by atoms with Crippen LogP contribution in [-0.2, 0) is 14.3 Å². The van der Waals surface area contributed by atoms with Gasteiger partial charge in [0.25, 0.3) is 0 Å². The first-order valence-electron chi connectivity index (χ1n) is 3.79. The lowest BCUT2D eigenvalue weighted by molar-refractivity contribution is -0.221. The molecular weight excluding hydrogens is 217 g/mol. The molecule has 0 rings (SSSR count). The molecular formula is C8H9F3O4. The van der Waals surface area contributed by atoms with E-state index in [1.165, 1.54) is 0 Å². The van der Waals surface area contributed by atoms with Crippen LogP contribution in [0.4, 0.5) is 13.2 Å². The van der Waals surface area contributed by atoms with Gasteiger partial charge < -0.3 is 9.84 Å². The van der Waals surface area contributed by atoms with E-state index in [1.807, 2.05) is 0 Å². The summed E-state index contributed by atoms with van der Waals surface area (Å²) in [6, 6.07) is 0. The van der Waals surface area contributed by atoms with Gasteiger partial charge in [-0.3, -0.25) is 4.79 Å². The Hall–Kier alpha value is -1.53. The highest BCUT2D eigenvalue weighted by atomic mass is 19.4. The molecule has 1 N–H and O–H groups in total. The Bertz CT molecular complexity index is 282. The van der Waals surface area contributed by atoms with E-state index in [0.717, 1.165) is 6.92 Å². The van der Waals surface area contributed by atoms with Crippen molar-refractivity contribution in [3.05, 3.63) is 12.2 Å². The van der Waals surface area contributed by atoms with Crippen molar-refractivity contribution in [2.24, 2.45) is 0 Å². The van der Waals surface area contributed by atoms with Crippen LogP contribution in [-0.4, -0.2) is 29.3 Å². The molecule has 0 saturated carbocycles. The van der Waals surface area contributed by atoms with E-state index in [2.05, 4.69) is 11.3 Å². The third-order valence-electron chi connectivity index (χ3n) is 1.32. The molecule has 0 spiro atoms. The van der Waals surface area contributed by atoms with Crippen molar-refractivity contribution in [1.82, 2.24) is 0 Å². The van der Waals surface area contributed by atoms with E-state index in [1.54, 1.807) is 0 Å². The third-order valence-corrected chi connectivity index (χ3v) is 1.32. The Balaban J connectivity index is 4.59. The number of halogens is 3. The molecule has 0 fully saturated rings. The first kappa shape index (κ1) is 13.5. The standard InChI is InChI=1S/C8H9F3O4/c1-4(2)7(14)15-5(3-6(12)13)8(9,10)11/h5H,1,3H2,2H3,(H,12,13). The van der Waals surface area contributed by atoms with Gasteiger partial charge in [-0.2, -0.15) is 13.2 Å². The summed E-state index contributed by atoms with van der Waals surface area (Å²) >= 11 is 0. The van der Waals surface area contributed by atoms with Gasteiger partial charge in [0.15, 0.2) is 0 Å². The molecule has 0 aromatic carbocycles. The molecule has 0 radical (unpaired) electrons. The average molecular weight is 226 g/mol. The van der Waals surface area contributed by atoms with Crippen LogP contribution in [0, 0.1) is 0 Å². The monoisotopic (exact) mass is 226 g/mol. The van der Waals surface area contributed by atoms with Gasteiger partial charge in [0.1, 0.15) is 0 Å². The topological polar surface area (TPSA) is 63.6 Å². The molecule has 7 heteroatoms. The molecule has 1 atom stereocenters. The molecule has 0 aliphatic rings. The number of aliphatic carboxylic acids is 1. The molecule has 86 valence electrons. The number of rotatable bonds is 4. The highest BCUT2D eigenvalue weighted by Gasteiger charge is 2.44. The Labute approximate surface area is 83.3 Å². The van der Waals surface area contributed by atoms with Crippen molar-refractivity contribution in [1.29, 1.82) is 0 Å². The van der Waals surface area contributed by atoms with Crippen LogP contribution in [0.2, 0.25) is 0 Å². The Morgan fingerprint density at radius 3 is 2.20 bits per heavy atom. The Morgan fingerprint density at radius 2 is 1.93 bits per heavy atom. The molecule has 0 saturated heterocycles. The van der Waals surface area contributed by atoms with E-state index < -0.39 is 30.6 Å². The fourth-order valence-electron chi connectivity index (χ4n) is 0.613. The molecule has 0 aromatic rings. The first-order chi connectivity index (χ1) is 6.64. The minimum Gasteiger partial charge on any atom is -0.481 e. The molecule has 0 bridgehead atoms. The van der Waals surface area contributed by atoms with Gasteiger partial charge in [-0.25, -0.2) is 4.79 Å². The summed E-state index contributed by atoms with van der Waals surface area (Å²) in [7, 11) is 0. The first-order valence-corrected chi connectivity index (χ1v) is 3.79. The molecule has 4 nitrogen and oxygen atoms in total.